The first kappa shape index (κ1) is 20.8. The van der Waals surface area contributed by atoms with E-state index in [2.05, 4.69) is 5.32 Å². The van der Waals surface area contributed by atoms with Gasteiger partial charge in [-0.25, -0.2) is 0 Å². The van der Waals surface area contributed by atoms with Gasteiger partial charge in [-0.3, -0.25) is 14.9 Å². The molecular formula is C17H16Cl2N2O6. The number of hydrogen-bond acceptors (Lipinski definition) is 6. The van der Waals surface area contributed by atoms with Crippen LogP contribution in [0.2, 0.25) is 0 Å². The number of aliphatic hydroxyl groups excluding tert-OH is 1. The van der Waals surface area contributed by atoms with Crippen molar-refractivity contribution in [3.8, 4) is 11.5 Å². The Labute approximate surface area is 164 Å². The predicted octanol–water partition coefficient (Wildman–Crippen LogP) is 2.70. The molecule has 3 N–H and O–H groups in total. The number of carbonyl (C=O) groups is 1. The summed E-state index contributed by atoms with van der Waals surface area (Å²) < 4.78 is 5.53. The number of benzene rings is 2. The zero-order valence-corrected chi connectivity index (χ0v) is 15.3. The van der Waals surface area contributed by atoms with Crippen LogP contribution in [0, 0.1) is 10.1 Å². The number of aliphatic hydroxyl groups is 1. The zero-order chi connectivity index (χ0) is 20.0. The van der Waals surface area contributed by atoms with Crippen LogP contribution in [-0.2, 0) is 4.79 Å². The van der Waals surface area contributed by atoms with Gasteiger partial charge >= 0.3 is 0 Å². The molecule has 0 saturated carbocycles. The molecule has 0 spiro atoms. The number of aromatic hydroxyl groups is 1. The molecule has 0 unspecified atom stereocenters. The number of halogens is 2. The van der Waals surface area contributed by atoms with Crippen LogP contribution < -0.4 is 10.1 Å². The fourth-order valence-electron chi connectivity index (χ4n) is 2.21. The third kappa shape index (κ3) is 5.99. The average Bonchev–Trinajstić information content (AvgIpc) is 2.65. The van der Waals surface area contributed by atoms with Crippen LogP contribution >= 0.6 is 23.2 Å². The fraction of sp³-hybridized carbons (Fsp3) is 0.235. The molecule has 0 saturated heterocycles. The molecule has 0 fully saturated rings. The van der Waals surface area contributed by atoms with E-state index >= 15 is 0 Å². The van der Waals surface area contributed by atoms with Crippen LogP contribution in [0.15, 0.2) is 48.5 Å². The van der Waals surface area contributed by atoms with Crippen molar-refractivity contribution in [1.29, 1.82) is 0 Å². The second-order valence-corrected chi connectivity index (χ2v) is 6.61. The highest BCUT2D eigenvalue weighted by molar-refractivity contribution is 6.53. The molecule has 27 heavy (non-hydrogen) atoms. The van der Waals surface area contributed by atoms with Crippen molar-refractivity contribution in [2.24, 2.45) is 0 Å². The molecule has 10 heteroatoms. The minimum Gasteiger partial charge on any atom is -0.508 e. The van der Waals surface area contributed by atoms with Crippen LogP contribution in [0.3, 0.4) is 0 Å². The van der Waals surface area contributed by atoms with E-state index < -0.39 is 27.8 Å². The van der Waals surface area contributed by atoms with Gasteiger partial charge in [-0.2, -0.15) is 0 Å². The number of nitro groups is 1. The maximum atomic E-state index is 11.8. The lowest BCUT2D eigenvalue weighted by Gasteiger charge is -2.25. The molecule has 2 aromatic carbocycles. The lowest BCUT2D eigenvalue weighted by molar-refractivity contribution is -0.384. The summed E-state index contributed by atoms with van der Waals surface area (Å²) in [6.07, 6.45) is -1.24. The van der Waals surface area contributed by atoms with Gasteiger partial charge < -0.3 is 20.3 Å². The fourth-order valence-corrected chi connectivity index (χ4v) is 2.34. The summed E-state index contributed by atoms with van der Waals surface area (Å²) in [4.78, 5) is 20.7. The highest BCUT2D eigenvalue weighted by Crippen LogP contribution is 2.22. The number of ether oxygens (including phenoxy) is 1. The molecule has 0 aliphatic carbocycles. The van der Waals surface area contributed by atoms with Gasteiger partial charge in [-0.15, -0.1) is 0 Å². The lowest BCUT2D eigenvalue weighted by atomic mass is 10.0. The third-order valence-electron chi connectivity index (χ3n) is 3.62. The molecule has 2 atom stereocenters. The summed E-state index contributed by atoms with van der Waals surface area (Å²) in [7, 11) is 0. The molecular weight excluding hydrogens is 399 g/mol. The van der Waals surface area contributed by atoms with E-state index in [9.17, 15) is 25.1 Å². The summed E-state index contributed by atoms with van der Waals surface area (Å²) in [6, 6.07) is 10.2. The summed E-state index contributed by atoms with van der Waals surface area (Å²) in [5.74, 6) is -0.264. The number of amides is 1. The maximum Gasteiger partial charge on any atom is 0.269 e. The molecule has 144 valence electrons. The number of hydrogen-bond donors (Lipinski definition) is 3. The first-order valence-electron chi connectivity index (χ1n) is 7.70. The average molecular weight is 415 g/mol. The molecule has 0 aliphatic heterocycles. The Hall–Kier alpha value is -2.55. The van der Waals surface area contributed by atoms with Gasteiger partial charge in [0.25, 0.3) is 11.6 Å². The topological polar surface area (TPSA) is 122 Å². The second-order valence-electron chi connectivity index (χ2n) is 5.51. The highest BCUT2D eigenvalue weighted by Gasteiger charge is 2.26. The minimum atomic E-state index is -1.34. The molecule has 0 radical (unpaired) electrons. The standard InChI is InChI=1S/C17H16Cl2N2O6/c18-16(19)17(24)20-14(9-27-13-7-5-12(22)6-8-13)15(23)10-1-3-11(4-2-10)21(25)26/h1-8,14-16,22-23H,9H2,(H,20,24)/t14-,15-/m1/s1. The Morgan fingerprint density at radius 1 is 1.15 bits per heavy atom. The van der Waals surface area contributed by atoms with Crippen molar-refractivity contribution in [3.05, 3.63) is 64.2 Å². The van der Waals surface area contributed by atoms with E-state index in [1.165, 1.54) is 48.5 Å². The van der Waals surface area contributed by atoms with E-state index in [0.29, 0.717) is 11.3 Å². The Kier molecular flexibility index (Phi) is 7.23. The van der Waals surface area contributed by atoms with Crippen LogP contribution in [-0.4, -0.2) is 38.5 Å². The number of non-ortho nitro benzene ring substituents is 1. The second kappa shape index (κ2) is 9.40. The minimum absolute atomic E-state index is 0.0604. The molecule has 0 aromatic heterocycles. The molecule has 0 bridgehead atoms. The summed E-state index contributed by atoms with van der Waals surface area (Å²) in [5, 5.41) is 33.1. The Bertz CT molecular complexity index is 783. The van der Waals surface area contributed by atoms with E-state index in [1.807, 2.05) is 0 Å². The van der Waals surface area contributed by atoms with Gasteiger partial charge in [0.1, 0.15) is 24.2 Å². The number of alkyl halides is 2. The Morgan fingerprint density at radius 2 is 1.74 bits per heavy atom. The molecule has 8 nitrogen and oxygen atoms in total. The monoisotopic (exact) mass is 414 g/mol. The van der Waals surface area contributed by atoms with E-state index in [1.54, 1.807) is 0 Å². The number of nitro benzene ring substituents is 1. The van der Waals surface area contributed by atoms with Crippen molar-refractivity contribution in [3.63, 3.8) is 0 Å². The van der Waals surface area contributed by atoms with Gasteiger partial charge in [0.2, 0.25) is 0 Å². The highest BCUT2D eigenvalue weighted by atomic mass is 35.5. The van der Waals surface area contributed by atoms with Crippen LogP contribution in [0.5, 0.6) is 11.5 Å². The molecule has 0 aliphatic rings. The Balaban J connectivity index is 2.15. The summed E-state index contributed by atoms with van der Waals surface area (Å²) >= 11 is 11.1. The van der Waals surface area contributed by atoms with Gasteiger partial charge in [0, 0.05) is 12.1 Å². The van der Waals surface area contributed by atoms with Gasteiger partial charge in [-0.05, 0) is 42.0 Å². The number of phenolic OH excluding ortho intramolecular Hbond substituents is 1. The van der Waals surface area contributed by atoms with Crippen molar-refractivity contribution in [2.45, 2.75) is 17.0 Å². The smallest absolute Gasteiger partial charge is 0.269 e. The normalized spacial score (nSPS) is 13.0. The van der Waals surface area contributed by atoms with Crippen molar-refractivity contribution in [1.82, 2.24) is 5.32 Å². The first-order chi connectivity index (χ1) is 12.8. The van der Waals surface area contributed by atoms with Crippen molar-refractivity contribution < 1.29 is 24.7 Å². The first-order valence-corrected chi connectivity index (χ1v) is 8.58. The van der Waals surface area contributed by atoms with Crippen LogP contribution in [0.1, 0.15) is 11.7 Å². The third-order valence-corrected chi connectivity index (χ3v) is 4.02. The van der Waals surface area contributed by atoms with Gasteiger partial charge in [0.15, 0.2) is 4.84 Å². The number of phenols is 1. The molecule has 0 heterocycles. The number of nitrogens with one attached hydrogen (secondary N) is 1. The van der Waals surface area contributed by atoms with Gasteiger partial charge in [-0.1, -0.05) is 23.2 Å². The predicted molar refractivity (Wildman–Crippen MR) is 99.1 cm³/mol. The van der Waals surface area contributed by atoms with Crippen molar-refractivity contribution in [2.75, 3.05) is 6.61 Å². The van der Waals surface area contributed by atoms with Crippen LogP contribution in [0.25, 0.3) is 0 Å². The summed E-state index contributed by atoms with van der Waals surface area (Å²) in [5.41, 5.74) is 0.203. The largest absolute Gasteiger partial charge is 0.508 e. The molecule has 2 rings (SSSR count). The van der Waals surface area contributed by atoms with E-state index in [-0.39, 0.29) is 18.0 Å². The number of nitrogens with zero attached hydrogens (tertiary/aromatic N) is 1. The zero-order valence-electron chi connectivity index (χ0n) is 13.8. The maximum absolute atomic E-state index is 11.8. The van der Waals surface area contributed by atoms with Gasteiger partial charge in [0.05, 0.1) is 11.0 Å². The SMILES string of the molecule is O=C(N[C@H](COc1ccc(O)cc1)[C@H](O)c1ccc([N+](=O)[O-])cc1)C(Cl)Cl. The number of rotatable bonds is 8. The Morgan fingerprint density at radius 3 is 2.26 bits per heavy atom. The lowest BCUT2D eigenvalue weighted by Crippen LogP contribution is -2.45. The van der Waals surface area contributed by atoms with Crippen molar-refractivity contribution >= 4 is 34.8 Å². The molecule has 2 aromatic rings. The number of carbonyl (C=O) groups excluding carboxylic acids is 1. The van der Waals surface area contributed by atoms with E-state index in [4.69, 9.17) is 27.9 Å². The summed E-state index contributed by atoms with van der Waals surface area (Å²) in [6.45, 7) is -0.144. The van der Waals surface area contributed by atoms with E-state index in [0.717, 1.165) is 0 Å². The molecule has 1 amide bonds. The quantitative estimate of drug-likeness (QED) is 0.346. The van der Waals surface area contributed by atoms with Crippen LogP contribution in [0.4, 0.5) is 5.69 Å².